The first-order valence-electron chi connectivity index (χ1n) is 14.2. The molecule has 7 aromatic rings. The van der Waals surface area contributed by atoms with E-state index in [0.29, 0.717) is 11.8 Å². The molecule has 5 heteroatoms. The number of hydrogen-bond acceptors (Lipinski definition) is 5. The van der Waals surface area contributed by atoms with E-state index in [1.807, 2.05) is 78.9 Å². The standard InChI is InChI=1S/C38H25N3O2/c1-2-10-27(11-3-1)37-39-40-38(43-37)28-22-20-26(21-23-28)29-12-8-13-30(24-29)31-14-9-15-32(25-31)41-33-16-4-6-18-35(33)42-36-19-7-5-17-34(36)41/h1-25H. The molecule has 0 saturated heterocycles. The van der Waals surface area contributed by atoms with Crippen molar-refractivity contribution < 1.29 is 9.15 Å². The van der Waals surface area contributed by atoms with Crippen molar-refractivity contribution in [3.05, 3.63) is 152 Å². The first-order valence-corrected chi connectivity index (χ1v) is 14.2. The molecule has 43 heavy (non-hydrogen) atoms. The molecular weight excluding hydrogens is 530 g/mol. The minimum atomic E-state index is 0.502. The van der Waals surface area contributed by atoms with Gasteiger partial charge < -0.3 is 14.1 Å². The average molecular weight is 556 g/mol. The Morgan fingerprint density at radius 3 is 1.56 bits per heavy atom. The van der Waals surface area contributed by atoms with E-state index >= 15 is 0 Å². The van der Waals surface area contributed by atoms with E-state index in [1.165, 1.54) is 0 Å². The van der Waals surface area contributed by atoms with Gasteiger partial charge in [-0.15, -0.1) is 10.2 Å². The molecule has 6 aromatic carbocycles. The van der Waals surface area contributed by atoms with Crippen LogP contribution >= 0.6 is 0 Å². The van der Waals surface area contributed by atoms with Crippen LogP contribution in [0.1, 0.15) is 0 Å². The van der Waals surface area contributed by atoms with E-state index in [4.69, 9.17) is 9.15 Å². The van der Waals surface area contributed by atoms with Crippen LogP contribution in [0.15, 0.2) is 156 Å². The number of para-hydroxylation sites is 4. The molecule has 0 atom stereocenters. The van der Waals surface area contributed by atoms with Crippen LogP contribution < -0.4 is 9.64 Å². The van der Waals surface area contributed by atoms with Crippen LogP contribution in [0.3, 0.4) is 0 Å². The molecule has 5 nitrogen and oxygen atoms in total. The van der Waals surface area contributed by atoms with Gasteiger partial charge in [0.15, 0.2) is 11.5 Å². The van der Waals surface area contributed by atoms with Crippen LogP contribution in [0, 0.1) is 0 Å². The summed E-state index contributed by atoms with van der Waals surface area (Å²) in [5.74, 6) is 2.70. The third kappa shape index (κ3) is 4.63. The summed E-state index contributed by atoms with van der Waals surface area (Å²) in [5, 5.41) is 8.49. The Morgan fingerprint density at radius 2 is 0.884 bits per heavy atom. The maximum absolute atomic E-state index is 6.21. The maximum atomic E-state index is 6.21. The molecule has 0 amide bonds. The molecule has 0 saturated carbocycles. The molecule has 0 N–H and O–H groups in total. The number of benzene rings is 6. The van der Waals surface area contributed by atoms with Crippen molar-refractivity contribution in [2.45, 2.75) is 0 Å². The van der Waals surface area contributed by atoms with Crippen LogP contribution in [0.25, 0.3) is 45.2 Å². The minimum absolute atomic E-state index is 0.502. The van der Waals surface area contributed by atoms with E-state index in [0.717, 1.165) is 61.9 Å². The van der Waals surface area contributed by atoms with Gasteiger partial charge in [0.05, 0.1) is 11.4 Å². The summed E-state index contributed by atoms with van der Waals surface area (Å²) >= 11 is 0. The summed E-state index contributed by atoms with van der Waals surface area (Å²) in [6, 6.07) is 51.6. The van der Waals surface area contributed by atoms with Gasteiger partial charge in [0, 0.05) is 16.8 Å². The van der Waals surface area contributed by atoms with Gasteiger partial charge in [-0.1, -0.05) is 84.9 Å². The Morgan fingerprint density at radius 1 is 0.395 bits per heavy atom. The average Bonchev–Trinajstić information content (AvgIpc) is 3.58. The lowest BCUT2D eigenvalue weighted by Crippen LogP contribution is -2.15. The van der Waals surface area contributed by atoms with Gasteiger partial charge in [-0.25, -0.2) is 0 Å². The maximum Gasteiger partial charge on any atom is 0.248 e. The Kier molecular flexibility index (Phi) is 6.05. The lowest BCUT2D eigenvalue weighted by Gasteiger charge is -2.33. The number of rotatable bonds is 5. The molecular formula is C38H25N3O2. The van der Waals surface area contributed by atoms with Crippen molar-refractivity contribution in [1.82, 2.24) is 10.2 Å². The van der Waals surface area contributed by atoms with Crippen LogP contribution in [-0.4, -0.2) is 10.2 Å². The zero-order chi connectivity index (χ0) is 28.6. The molecule has 204 valence electrons. The molecule has 0 bridgehead atoms. The number of fused-ring (bicyclic) bond motifs is 2. The van der Waals surface area contributed by atoms with E-state index in [2.05, 4.69) is 87.9 Å². The summed E-state index contributed by atoms with van der Waals surface area (Å²) in [6.07, 6.45) is 0. The summed E-state index contributed by atoms with van der Waals surface area (Å²) in [7, 11) is 0. The monoisotopic (exact) mass is 555 g/mol. The zero-order valence-corrected chi connectivity index (χ0v) is 23.1. The predicted octanol–water partition coefficient (Wildman–Crippen LogP) is 10.3. The van der Waals surface area contributed by atoms with Gasteiger partial charge in [-0.3, -0.25) is 0 Å². The molecule has 0 fully saturated rings. The third-order valence-corrected chi connectivity index (χ3v) is 7.64. The lowest BCUT2D eigenvalue weighted by atomic mass is 9.98. The fourth-order valence-corrected chi connectivity index (χ4v) is 5.53. The van der Waals surface area contributed by atoms with E-state index in [1.54, 1.807) is 0 Å². The highest BCUT2D eigenvalue weighted by molar-refractivity contribution is 5.87. The SMILES string of the molecule is c1ccc(-c2nnc(-c3ccc(-c4cccc(-c5cccc(N6c7ccccc7Oc7ccccc76)c5)c4)cc3)o2)cc1. The second-order valence-electron chi connectivity index (χ2n) is 10.4. The van der Waals surface area contributed by atoms with Gasteiger partial charge in [0.1, 0.15) is 0 Å². The van der Waals surface area contributed by atoms with Crippen LogP contribution in [0.5, 0.6) is 11.5 Å². The Labute approximate surface area is 249 Å². The second kappa shape index (κ2) is 10.5. The van der Waals surface area contributed by atoms with Gasteiger partial charge in [0.2, 0.25) is 11.8 Å². The number of nitrogens with zero attached hydrogens (tertiary/aromatic N) is 3. The zero-order valence-electron chi connectivity index (χ0n) is 23.1. The Balaban J connectivity index is 1.10. The van der Waals surface area contributed by atoms with Crippen molar-refractivity contribution in [2.24, 2.45) is 0 Å². The fraction of sp³-hybridized carbons (Fsp3) is 0. The molecule has 0 spiro atoms. The van der Waals surface area contributed by atoms with Crippen LogP contribution in [0.2, 0.25) is 0 Å². The number of aromatic nitrogens is 2. The van der Waals surface area contributed by atoms with Crippen LogP contribution in [-0.2, 0) is 0 Å². The Bertz CT molecular complexity index is 2020. The van der Waals surface area contributed by atoms with Gasteiger partial charge in [-0.2, -0.15) is 0 Å². The molecule has 0 radical (unpaired) electrons. The second-order valence-corrected chi connectivity index (χ2v) is 10.4. The van der Waals surface area contributed by atoms with Gasteiger partial charge >= 0.3 is 0 Å². The highest BCUT2D eigenvalue weighted by Crippen LogP contribution is 2.50. The fourth-order valence-electron chi connectivity index (χ4n) is 5.53. The van der Waals surface area contributed by atoms with Crippen molar-refractivity contribution in [2.75, 3.05) is 4.90 Å². The first kappa shape index (κ1) is 24.8. The van der Waals surface area contributed by atoms with E-state index < -0.39 is 0 Å². The van der Waals surface area contributed by atoms with Crippen molar-refractivity contribution >= 4 is 17.1 Å². The van der Waals surface area contributed by atoms with E-state index in [-0.39, 0.29) is 0 Å². The van der Waals surface area contributed by atoms with Crippen LogP contribution in [0.4, 0.5) is 17.1 Å². The smallest absolute Gasteiger partial charge is 0.248 e. The molecule has 8 rings (SSSR count). The van der Waals surface area contributed by atoms with Crippen molar-refractivity contribution in [1.29, 1.82) is 0 Å². The van der Waals surface area contributed by atoms with Crippen molar-refractivity contribution in [3.8, 4) is 56.7 Å². The van der Waals surface area contributed by atoms with E-state index in [9.17, 15) is 0 Å². The summed E-state index contributed by atoms with van der Waals surface area (Å²) in [4.78, 5) is 2.26. The molecule has 1 aromatic heterocycles. The predicted molar refractivity (Wildman–Crippen MR) is 171 cm³/mol. The number of hydrogen-bond donors (Lipinski definition) is 0. The molecule has 0 unspecified atom stereocenters. The molecule has 1 aliphatic rings. The van der Waals surface area contributed by atoms with Gasteiger partial charge in [-0.05, 0) is 89.0 Å². The summed E-state index contributed by atoms with van der Waals surface area (Å²) < 4.78 is 12.2. The van der Waals surface area contributed by atoms with Crippen molar-refractivity contribution in [3.63, 3.8) is 0 Å². The first-order chi connectivity index (χ1) is 21.3. The summed E-state index contributed by atoms with van der Waals surface area (Å²) in [5.41, 5.74) is 9.42. The highest BCUT2D eigenvalue weighted by atomic mass is 16.5. The Hall–Kier alpha value is -5.94. The lowest BCUT2D eigenvalue weighted by molar-refractivity contribution is 0.477. The van der Waals surface area contributed by atoms with Gasteiger partial charge in [0.25, 0.3) is 0 Å². The minimum Gasteiger partial charge on any atom is -0.453 e. The third-order valence-electron chi connectivity index (χ3n) is 7.64. The largest absolute Gasteiger partial charge is 0.453 e. The number of ether oxygens (including phenoxy) is 1. The summed E-state index contributed by atoms with van der Waals surface area (Å²) in [6.45, 7) is 0. The quantitative estimate of drug-likeness (QED) is 0.211. The normalized spacial score (nSPS) is 11.9. The molecule has 0 aliphatic carbocycles. The number of anilines is 3. The molecule has 1 aliphatic heterocycles. The topological polar surface area (TPSA) is 51.4 Å². The molecule has 2 heterocycles. The highest BCUT2D eigenvalue weighted by Gasteiger charge is 2.25.